The van der Waals surface area contributed by atoms with Crippen LogP contribution >= 0.6 is 34.7 Å². The Morgan fingerprint density at radius 3 is 2.66 bits per heavy atom. The summed E-state index contributed by atoms with van der Waals surface area (Å²) in [7, 11) is 0. The second-order valence-corrected chi connectivity index (χ2v) is 7.57. The van der Waals surface area contributed by atoms with Crippen molar-refractivity contribution in [1.82, 2.24) is 19.3 Å². The summed E-state index contributed by atoms with van der Waals surface area (Å²) < 4.78 is 4.22. The summed E-state index contributed by atoms with van der Waals surface area (Å²) in [6.07, 6.45) is 2.68. The maximum atomic E-state index is 10.5. The fourth-order valence-corrected chi connectivity index (χ4v) is 3.53. The molecule has 0 unspecified atom stereocenters. The molecule has 0 fully saturated rings. The van der Waals surface area contributed by atoms with Crippen LogP contribution < -0.4 is 0 Å². The standard InChI is InChI=1S/C18H9Cl2N9O2S/c1-7-8(4-21)12-10(5-22-7)29-32-18(12)28-25-9-2-3-11(30)14(15(9)31)26-27-17-13(19)16(20)23-6-24-17/h2-3,5-6,30-31H,1H3/b27-26+,28-25+. The number of phenols is 2. The van der Waals surface area contributed by atoms with Gasteiger partial charge in [-0.05, 0) is 30.6 Å². The van der Waals surface area contributed by atoms with Crippen molar-refractivity contribution in [3.05, 3.63) is 46.1 Å². The maximum absolute atomic E-state index is 10.5. The van der Waals surface area contributed by atoms with E-state index < -0.39 is 5.75 Å². The molecule has 14 heteroatoms. The molecule has 0 bridgehead atoms. The van der Waals surface area contributed by atoms with Gasteiger partial charge < -0.3 is 10.2 Å². The highest BCUT2D eigenvalue weighted by molar-refractivity contribution is 7.11. The minimum Gasteiger partial charge on any atom is -0.505 e. The van der Waals surface area contributed by atoms with E-state index in [0.717, 1.165) is 17.9 Å². The second kappa shape index (κ2) is 8.75. The quantitative estimate of drug-likeness (QED) is 0.255. The number of aromatic hydroxyl groups is 2. The third-order valence-electron chi connectivity index (χ3n) is 4.13. The van der Waals surface area contributed by atoms with Crippen molar-refractivity contribution in [3.8, 4) is 17.6 Å². The number of nitrogens with zero attached hydrogens (tertiary/aromatic N) is 9. The van der Waals surface area contributed by atoms with E-state index in [2.05, 4.69) is 45.9 Å². The summed E-state index contributed by atoms with van der Waals surface area (Å²) in [6.45, 7) is 1.71. The van der Waals surface area contributed by atoms with Crippen LogP contribution in [0.25, 0.3) is 10.9 Å². The Bertz CT molecular complexity index is 1460. The number of rotatable bonds is 4. The lowest BCUT2D eigenvalue weighted by Gasteiger charge is -2.04. The van der Waals surface area contributed by atoms with Crippen LogP contribution in [0.15, 0.2) is 45.1 Å². The number of pyridine rings is 1. The minimum absolute atomic E-state index is 0.00518. The normalized spacial score (nSPS) is 11.6. The van der Waals surface area contributed by atoms with Gasteiger partial charge >= 0.3 is 0 Å². The van der Waals surface area contributed by atoms with Gasteiger partial charge in [0.1, 0.15) is 34.4 Å². The number of nitriles is 1. The zero-order valence-electron chi connectivity index (χ0n) is 15.9. The smallest absolute Gasteiger partial charge is 0.197 e. The summed E-state index contributed by atoms with van der Waals surface area (Å²) in [4.78, 5) is 11.7. The molecule has 0 saturated carbocycles. The van der Waals surface area contributed by atoms with E-state index in [0.29, 0.717) is 27.2 Å². The van der Waals surface area contributed by atoms with Crippen LogP contribution in [-0.2, 0) is 0 Å². The first-order chi connectivity index (χ1) is 15.4. The van der Waals surface area contributed by atoms with Crippen molar-refractivity contribution in [3.63, 3.8) is 0 Å². The van der Waals surface area contributed by atoms with Crippen LogP contribution in [0.4, 0.5) is 22.2 Å². The number of fused-ring (bicyclic) bond motifs is 1. The summed E-state index contributed by atoms with van der Waals surface area (Å²) in [5, 5.41) is 46.6. The Kier molecular flexibility index (Phi) is 5.87. The van der Waals surface area contributed by atoms with Gasteiger partial charge in [0.15, 0.2) is 27.4 Å². The molecule has 3 heterocycles. The summed E-state index contributed by atoms with van der Waals surface area (Å²) in [5.74, 6) is -0.902. The van der Waals surface area contributed by atoms with Gasteiger partial charge in [-0.15, -0.1) is 20.5 Å². The third kappa shape index (κ3) is 3.92. The lowest BCUT2D eigenvalue weighted by atomic mass is 10.1. The van der Waals surface area contributed by atoms with Gasteiger partial charge in [-0.25, -0.2) is 9.97 Å². The molecule has 2 N–H and O–H groups in total. The molecule has 0 atom stereocenters. The average molecular weight is 486 g/mol. The Morgan fingerprint density at radius 1 is 1.06 bits per heavy atom. The van der Waals surface area contributed by atoms with E-state index in [9.17, 15) is 15.5 Å². The fourth-order valence-electron chi connectivity index (χ4n) is 2.57. The molecule has 0 spiro atoms. The lowest BCUT2D eigenvalue weighted by molar-refractivity contribution is 0.453. The van der Waals surface area contributed by atoms with Gasteiger partial charge in [0, 0.05) is 0 Å². The predicted octanol–water partition coefficient (Wildman–Crippen LogP) is 6.21. The molecule has 0 aliphatic carbocycles. The first-order valence-electron chi connectivity index (χ1n) is 8.60. The monoisotopic (exact) mass is 485 g/mol. The highest BCUT2D eigenvalue weighted by Gasteiger charge is 2.16. The van der Waals surface area contributed by atoms with Gasteiger partial charge in [-0.1, -0.05) is 23.2 Å². The van der Waals surface area contributed by atoms with E-state index in [1.165, 1.54) is 12.1 Å². The molecule has 0 aliphatic heterocycles. The molecule has 158 valence electrons. The van der Waals surface area contributed by atoms with Crippen molar-refractivity contribution in [2.24, 2.45) is 20.5 Å². The second-order valence-electron chi connectivity index (χ2n) is 6.08. The minimum atomic E-state index is -0.485. The fraction of sp³-hybridized carbons (Fsp3) is 0.0556. The van der Waals surface area contributed by atoms with Crippen molar-refractivity contribution in [2.75, 3.05) is 0 Å². The van der Waals surface area contributed by atoms with E-state index >= 15 is 0 Å². The molecule has 0 radical (unpaired) electrons. The Hall–Kier alpha value is -3.79. The van der Waals surface area contributed by atoms with Gasteiger partial charge in [-0.3, -0.25) is 4.98 Å². The lowest BCUT2D eigenvalue weighted by Crippen LogP contribution is -1.87. The van der Waals surface area contributed by atoms with E-state index in [1.54, 1.807) is 13.1 Å². The Labute approximate surface area is 193 Å². The molecule has 32 heavy (non-hydrogen) atoms. The molecule has 0 aliphatic rings. The number of benzene rings is 1. The highest BCUT2D eigenvalue weighted by atomic mass is 35.5. The molecule has 1 aromatic carbocycles. The molecule has 4 aromatic rings. The van der Waals surface area contributed by atoms with E-state index in [-0.39, 0.29) is 33.1 Å². The topological polar surface area (TPSA) is 165 Å². The van der Waals surface area contributed by atoms with Crippen molar-refractivity contribution in [1.29, 1.82) is 5.26 Å². The zero-order valence-corrected chi connectivity index (χ0v) is 18.2. The predicted molar refractivity (Wildman–Crippen MR) is 117 cm³/mol. The number of halogens is 2. The van der Waals surface area contributed by atoms with Crippen molar-refractivity contribution < 1.29 is 10.2 Å². The van der Waals surface area contributed by atoms with Crippen LogP contribution in [0.3, 0.4) is 0 Å². The average Bonchev–Trinajstić information content (AvgIpc) is 3.19. The highest BCUT2D eigenvalue weighted by Crippen LogP contribution is 2.45. The molecular weight excluding hydrogens is 477 g/mol. The number of hydrogen-bond donors (Lipinski definition) is 2. The molecule has 0 saturated heterocycles. The Balaban J connectivity index is 1.72. The first-order valence-corrected chi connectivity index (χ1v) is 10.1. The van der Waals surface area contributed by atoms with Gasteiger partial charge in [0.05, 0.1) is 22.8 Å². The number of aromatic nitrogens is 4. The molecule has 0 amide bonds. The number of azo groups is 2. The van der Waals surface area contributed by atoms with E-state index in [1.807, 2.05) is 0 Å². The van der Waals surface area contributed by atoms with Crippen LogP contribution in [-0.4, -0.2) is 29.5 Å². The summed E-state index contributed by atoms with van der Waals surface area (Å²) in [6, 6.07) is 4.69. The first kappa shape index (κ1) is 21.4. The van der Waals surface area contributed by atoms with Gasteiger partial charge in [-0.2, -0.15) is 9.64 Å². The summed E-state index contributed by atoms with van der Waals surface area (Å²) >= 11 is 12.8. The van der Waals surface area contributed by atoms with Crippen molar-refractivity contribution in [2.45, 2.75) is 6.92 Å². The summed E-state index contributed by atoms with van der Waals surface area (Å²) in [5.41, 5.74) is 1.11. The zero-order chi connectivity index (χ0) is 22.8. The molecule has 4 rings (SSSR count). The van der Waals surface area contributed by atoms with Gasteiger partial charge in [0.25, 0.3) is 0 Å². The van der Waals surface area contributed by atoms with Gasteiger partial charge in [0.2, 0.25) is 0 Å². The van der Waals surface area contributed by atoms with Crippen molar-refractivity contribution >= 4 is 67.8 Å². The number of phenolic OH excluding ortho intramolecular Hbond substituents is 2. The molecule has 11 nitrogen and oxygen atoms in total. The number of hydrogen-bond acceptors (Lipinski definition) is 12. The van der Waals surface area contributed by atoms with Crippen LogP contribution in [0, 0.1) is 18.3 Å². The SMILES string of the molecule is Cc1ncc2nsc(/N=N/c3ccc(O)c(/N=N/c4ncnc(Cl)c4Cl)c3O)c2c1C#N. The maximum Gasteiger partial charge on any atom is 0.197 e. The molecule has 3 aromatic heterocycles. The number of aryl methyl sites for hydroxylation is 1. The Morgan fingerprint density at radius 2 is 1.88 bits per heavy atom. The van der Waals surface area contributed by atoms with Crippen LogP contribution in [0.1, 0.15) is 11.3 Å². The molecular formula is C18H9Cl2N9O2S. The third-order valence-corrected chi connectivity index (χ3v) is 5.61. The van der Waals surface area contributed by atoms with Crippen LogP contribution in [0.5, 0.6) is 11.5 Å². The van der Waals surface area contributed by atoms with Crippen LogP contribution in [0.2, 0.25) is 10.2 Å². The van der Waals surface area contributed by atoms with E-state index in [4.69, 9.17) is 23.2 Å². The largest absolute Gasteiger partial charge is 0.505 e.